The molecule has 2 aromatic heterocycles. The van der Waals surface area contributed by atoms with Gasteiger partial charge in [0.15, 0.2) is 0 Å². The molecular formula is C13H20N6. The third kappa shape index (κ3) is 3.21. The third-order valence-corrected chi connectivity index (χ3v) is 2.94. The van der Waals surface area contributed by atoms with Crippen molar-refractivity contribution in [2.45, 2.75) is 32.9 Å². The van der Waals surface area contributed by atoms with Crippen molar-refractivity contribution in [3.8, 4) is 0 Å². The lowest BCUT2D eigenvalue weighted by Gasteiger charge is -2.18. The van der Waals surface area contributed by atoms with Gasteiger partial charge in [0.25, 0.3) is 0 Å². The van der Waals surface area contributed by atoms with Gasteiger partial charge < -0.3 is 10.6 Å². The summed E-state index contributed by atoms with van der Waals surface area (Å²) in [6.45, 7) is 5.01. The Labute approximate surface area is 113 Å². The zero-order chi connectivity index (χ0) is 13.7. The van der Waals surface area contributed by atoms with E-state index >= 15 is 0 Å². The van der Waals surface area contributed by atoms with E-state index < -0.39 is 0 Å². The molecule has 1 atom stereocenters. The first kappa shape index (κ1) is 13.3. The zero-order valence-electron chi connectivity index (χ0n) is 11.6. The van der Waals surface area contributed by atoms with Gasteiger partial charge >= 0.3 is 0 Å². The molecule has 2 N–H and O–H groups in total. The molecular weight excluding hydrogens is 240 g/mol. The molecule has 0 bridgehead atoms. The Balaban J connectivity index is 2.09. The van der Waals surface area contributed by atoms with Crippen LogP contribution < -0.4 is 10.6 Å². The van der Waals surface area contributed by atoms with Crippen molar-refractivity contribution in [2.24, 2.45) is 0 Å². The van der Waals surface area contributed by atoms with Crippen LogP contribution in [0.15, 0.2) is 24.8 Å². The molecule has 0 fully saturated rings. The number of hydrogen-bond donors (Lipinski definition) is 2. The molecule has 0 spiro atoms. The molecule has 1 unspecified atom stereocenters. The van der Waals surface area contributed by atoms with Crippen LogP contribution in [0, 0.1) is 0 Å². The van der Waals surface area contributed by atoms with Crippen molar-refractivity contribution in [3.05, 3.63) is 30.4 Å². The smallest absolute Gasteiger partial charge is 0.134 e. The molecule has 0 aromatic carbocycles. The maximum Gasteiger partial charge on any atom is 0.134 e. The second-order valence-corrected chi connectivity index (χ2v) is 4.43. The minimum atomic E-state index is 0.241. The summed E-state index contributed by atoms with van der Waals surface area (Å²) in [5.74, 6) is 1.77. The van der Waals surface area contributed by atoms with Gasteiger partial charge in [-0.05, 0) is 19.4 Å². The second kappa shape index (κ2) is 6.17. The third-order valence-electron chi connectivity index (χ3n) is 2.94. The lowest BCUT2D eigenvalue weighted by molar-refractivity contribution is 0.559. The number of nitrogens with one attached hydrogen (secondary N) is 2. The van der Waals surface area contributed by atoms with Crippen LogP contribution in [0.2, 0.25) is 0 Å². The van der Waals surface area contributed by atoms with Crippen molar-refractivity contribution in [1.82, 2.24) is 19.7 Å². The average molecular weight is 260 g/mol. The maximum atomic E-state index is 4.34. The number of nitrogens with zero attached hydrogens (tertiary/aromatic N) is 4. The minimum absolute atomic E-state index is 0.241. The minimum Gasteiger partial charge on any atom is -0.373 e. The topological polar surface area (TPSA) is 67.7 Å². The van der Waals surface area contributed by atoms with Crippen LogP contribution in [-0.2, 0) is 13.0 Å². The first-order valence-corrected chi connectivity index (χ1v) is 6.50. The summed E-state index contributed by atoms with van der Waals surface area (Å²) in [4.78, 5) is 8.57. The summed E-state index contributed by atoms with van der Waals surface area (Å²) in [5.41, 5.74) is 1.11. The zero-order valence-corrected chi connectivity index (χ0v) is 11.6. The van der Waals surface area contributed by atoms with Crippen LogP contribution in [0.3, 0.4) is 0 Å². The lowest BCUT2D eigenvalue weighted by atomic mass is 10.2. The van der Waals surface area contributed by atoms with E-state index in [2.05, 4.69) is 39.5 Å². The number of rotatable bonds is 6. The molecule has 0 aliphatic carbocycles. The molecule has 6 nitrogen and oxygen atoms in total. The molecule has 19 heavy (non-hydrogen) atoms. The Morgan fingerprint density at radius 1 is 1.32 bits per heavy atom. The van der Waals surface area contributed by atoms with Gasteiger partial charge in [0.2, 0.25) is 0 Å². The lowest BCUT2D eigenvalue weighted by Crippen LogP contribution is -2.24. The van der Waals surface area contributed by atoms with Gasteiger partial charge in [-0.2, -0.15) is 5.10 Å². The molecule has 0 aliphatic rings. The van der Waals surface area contributed by atoms with E-state index in [-0.39, 0.29) is 6.04 Å². The van der Waals surface area contributed by atoms with E-state index in [9.17, 15) is 0 Å². The van der Waals surface area contributed by atoms with Gasteiger partial charge in [0.05, 0.1) is 6.54 Å². The Bertz CT molecular complexity index is 508. The fourth-order valence-electron chi connectivity index (χ4n) is 2.06. The highest BCUT2D eigenvalue weighted by molar-refractivity contribution is 5.57. The second-order valence-electron chi connectivity index (χ2n) is 4.43. The molecule has 0 radical (unpaired) electrons. The molecule has 2 aromatic rings. The summed E-state index contributed by atoms with van der Waals surface area (Å²) < 4.78 is 1.91. The average Bonchev–Trinajstić information content (AvgIpc) is 2.91. The fourth-order valence-corrected chi connectivity index (χ4v) is 2.06. The summed E-state index contributed by atoms with van der Waals surface area (Å²) in [7, 11) is 1.87. The van der Waals surface area contributed by atoms with Gasteiger partial charge in [-0.25, -0.2) is 9.97 Å². The molecule has 0 amide bonds. The van der Waals surface area contributed by atoms with Crippen LogP contribution >= 0.6 is 0 Å². The molecule has 0 saturated heterocycles. The highest BCUT2D eigenvalue weighted by Gasteiger charge is 2.11. The predicted molar refractivity (Wildman–Crippen MR) is 76.3 cm³/mol. The van der Waals surface area contributed by atoms with E-state index in [0.717, 1.165) is 30.2 Å². The quantitative estimate of drug-likeness (QED) is 0.828. The van der Waals surface area contributed by atoms with E-state index in [4.69, 9.17) is 0 Å². The Morgan fingerprint density at radius 2 is 2.11 bits per heavy atom. The molecule has 102 valence electrons. The molecule has 2 rings (SSSR count). The fraction of sp³-hybridized carbons (Fsp3) is 0.462. The van der Waals surface area contributed by atoms with Crippen molar-refractivity contribution in [3.63, 3.8) is 0 Å². The van der Waals surface area contributed by atoms with Crippen molar-refractivity contribution in [2.75, 3.05) is 17.7 Å². The van der Waals surface area contributed by atoms with E-state index in [1.807, 2.05) is 24.0 Å². The SMILES string of the molecule is CCc1c(NC)ncnc1NC(C)Cn1cccn1. The van der Waals surface area contributed by atoms with Gasteiger partial charge in [-0.1, -0.05) is 6.92 Å². The van der Waals surface area contributed by atoms with Crippen LogP contribution in [0.5, 0.6) is 0 Å². The van der Waals surface area contributed by atoms with Crippen molar-refractivity contribution < 1.29 is 0 Å². The van der Waals surface area contributed by atoms with E-state index in [1.54, 1.807) is 12.5 Å². The predicted octanol–water partition coefficient (Wildman–Crippen LogP) is 1.78. The molecule has 0 saturated carbocycles. The van der Waals surface area contributed by atoms with Gasteiger partial charge in [-0.3, -0.25) is 4.68 Å². The Kier molecular flexibility index (Phi) is 4.33. The van der Waals surface area contributed by atoms with Crippen LogP contribution in [0.4, 0.5) is 11.6 Å². The Hall–Kier alpha value is -2.11. The monoisotopic (exact) mass is 260 g/mol. The summed E-state index contributed by atoms with van der Waals surface area (Å²) in [6.07, 6.45) is 6.20. The molecule has 6 heteroatoms. The standard InChI is InChI=1S/C13H20N6/c1-4-11-12(14-3)15-9-16-13(11)18-10(2)8-19-7-5-6-17-19/h5-7,9-10H,4,8H2,1-3H3,(H2,14,15,16,18). The summed E-state index contributed by atoms with van der Waals surface area (Å²) in [5, 5.41) is 10.7. The molecule has 2 heterocycles. The number of aromatic nitrogens is 4. The summed E-state index contributed by atoms with van der Waals surface area (Å²) >= 11 is 0. The Morgan fingerprint density at radius 3 is 2.74 bits per heavy atom. The molecule has 0 aliphatic heterocycles. The summed E-state index contributed by atoms with van der Waals surface area (Å²) in [6, 6.07) is 2.17. The first-order valence-electron chi connectivity index (χ1n) is 6.50. The van der Waals surface area contributed by atoms with E-state index in [0.29, 0.717) is 0 Å². The highest BCUT2D eigenvalue weighted by Crippen LogP contribution is 2.20. The van der Waals surface area contributed by atoms with Gasteiger partial charge in [-0.15, -0.1) is 0 Å². The van der Waals surface area contributed by atoms with Crippen LogP contribution in [0.25, 0.3) is 0 Å². The largest absolute Gasteiger partial charge is 0.373 e. The van der Waals surface area contributed by atoms with E-state index in [1.165, 1.54) is 0 Å². The number of hydrogen-bond acceptors (Lipinski definition) is 5. The number of anilines is 2. The first-order chi connectivity index (χ1) is 9.24. The van der Waals surface area contributed by atoms with Crippen molar-refractivity contribution in [1.29, 1.82) is 0 Å². The van der Waals surface area contributed by atoms with Crippen molar-refractivity contribution >= 4 is 11.6 Å². The van der Waals surface area contributed by atoms with Crippen LogP contribution in [0.1, 0.15) is 19.4 Å². The van der Waals surface area contributed by atoms with Crippen LogP contribution in [-0.4, -0.2) is 32.8 Å². The van der Waals surface area contributed by atoms with Gasteiger partial charge in [0.1, 0.15) is 18.0 Å². The van der Waals surface area contributed by atoms with Gasteiger partial charge in [0, 0.05) is 31.0 Å². The maximum absolute atomic E-state index is 4.34. The normalized spacial score (nSPS) is 12.2. The highest BCUT2D eigenvalue weighted by atomic mass is 15.3.